The molecule has 0 spiro atoms. The smallest absolute Gasteiger partial charge is 0.257 e. The van der Waals surface area contributed by atoms with Gasteiger partial charge in [0.2, 0.25) is 0 Å². The van der Waals surface area contributed by atoms with Crippen LogP contribution in [-0.4, -0.2) is 17.5 Å². The lowest BCUT2D eigenvalue weighted by Crippen LogP contribution is -2.14. The topological polar surface area (TPSA) is 51.2 Å². The number of amides is 1. The second-order valence-corrected chi connectivity index (χ2v) is 8.31. The fourth-order valence-corrected chi connectivity index (χ4v) is 3.45. The highest BCUT2D eigenvalue weighted by Gasteiger charge is 2.15. The summed E-state index contributed by atoms with van der Waals surface area (Å²) < 4.78 is 6.65. The molecule has 2 aromatic carbocycles. The van der Waals surface area contributed by atoms with E-state index in [1.54, 1.807) is 0 Å². The number of fused-ring (bicyclic) bond motifs is 1. The SMILES string of the molecule is CCCOc1ccc2nc(NC(=O)c3ccc(C(C)(C)C)cc3)sc2c1. The van der Waals surface area contributed by atoms with Crippen LogP contribution in [0.3, 0.4) is 0 Å². The zero-order valence-electron chi connectivity index (χ0n) is 15.6. The van der Waals surface area contributed by atoms with Gasteiger partial charge in [0.15, 0.2) is 5.13 Å². The van der Waals surface area contributed by atoms with Crippen molar-refractivity contribution < 1.29 is 9.53 Å². The molecule has 0 unspecified atom stereocenters. The number of carbonyl (C=O) groups is 1. The van der Waals surface area contributed by atoms with E-state index in [0.29, 0.717) is 17.3 Å². The van der Waals surface area contributed by atoms with Crippen molar-refractivity contribution in [2.24, 2.45) is 0 Å². The normalized spacial score (nSPS) is 11.5. The molecular formula is C21H24N2O2S. The van der Waals surface area contributed by atoms with Gasteiger partial charge in [-0.25, -0.2) is 4.98 Å². The van der Waals surface area contributed by atoms with Crippen LogP contribution in [0.25, 0.3) is 10.2 Å². The minimum atomic E-state index is -0.146. The summed E-state index contributed by atoms with van der Waals surface area (Å²) in [4.78, 5) is 17.0. The summed E-state index contributed by atoms with van der Waals surface area (Å²) in [5.41, 5.74) is 2.76. The molecule has 26 heavy (non-hydrogen) atoms. The van der Waals surface area contributed by atoms with Crippen LogP contribution in [0.1, 0.15) is 50.0 Å². The minimum Gasteiger partial charge on any atom is -0.494 e. The number of carbonyl (C=O) groups excluding carboxylic acids is 1. The molecule has 0 fully saturated rings. The lowest BCUT2D eigenvalue weighted by Gasteiger charge is -2.18. The van der Waals surface area contributed by atoms with Crippen molar-refractivity contribution in [3.8, 4) is 5.75 Å². The van der Waals surface area contributed by atoms with Gasteiger partial charge in [-0.05, 0) is 47.7 Å². The van der Waals surface area contributed by atoms with E-state index in [2.05, 4.69) is 38.0 Å². The second-order valence-electron chi connectivity index (χ2n) is 7.28. The highest BCUT2D eigenvalue weighted by atomic mass is 32.1. The Hall–Kier alpha value is -2.40. The van der Waals surface area contributed by atoms with E-state index in [0.717, 1.165) is 22.4 Å². The molecule has 3 aromatic rings. The maximum atomic E-state index is 12.5. The van der Waals surface area contributed by atoms with Crippen molar-refractivity contribution in [2.75, 3.05) is 11.9 Å². The average Bonchev–Trinajstić information content (AvgIpc) is 3.00. The molecule has 0 aliphatic rings. The number of nitrogens with zero attached hydrogens (tertiary/aromatic N) is 1. The molecule has 4 nitrogen and oxygen atoms in total. The Morgan fingerprint density at radius 3 is 2.54 bits per heavy atom. The highest BCUT2D eigenvalue weighted by Crippen LogP contribution is 2.30. The molecule has 3 rings (SSSR count). The first-order valence-electron chi connectivity index (χ1n) is 8.82. The molecule has 136 valence electrons. The zero-order chi connectivity index (χ0) is 18.7. The van der Waals surface area contributed by atoms with Crippen molar-refractivity contribution in [1.29, 1.82) is 0 Å². The van der Waals surface area contributed by atoms with Crippen molar-refractivity contribution in [2.45, 2.75) is 39.5 Å². The van der Waals surface area contributed by atoms with E-state index in [-0.39, 0.29) is 11.3 Å². The maximum Gasteiger partial charge on any atom is 0.257 e. The van der Waals surface area contributed by atoms with E-state index in [4.69, 9.17) is 4.74 Å². The highest BCUT2D eigenvalue weighted by molar-refractivity contribution is 7.22. The van der Waals surface area contributed by atoms with E-state index in [9.17, 15) is 4.79 Å². The number of benzene rings is 2. The standard InChI is InChI=1S/C21H24N2O2S/c1-5-12-25-16-10-11-17-18(13-16)26-20(22-17)23-19(24)14-6-8-15(9-7-14)21(2,3)4/h6-11,13H,5,12H2,1-4H3,(H,22,23,24). The van der Waals surface area contributed by atoms with Crippen LogP contribution < -0.4 is 10.1 Å². The van der Waals surface area contributed by atoms with Gasteiger partial charge in [-0.1, -0.05) is 51.2 Å². The Balaban J connectivity index is 1.74. The number of rotatable bonds is 5. The zero-order valence-corrected chi connectivity index (χ0v) is 16.4. The number of hydrogen-bond donors (Lipinski definition) is 1. The van der Waals surface area contributed by atoms with Crippen LogP contribution in [0, 0.1) is 0 Å². The number of thiazole rings is 1. The van der Waals surface area contributed by atoms with Gasteiger partial charge >= 0.3 is 0 Å². The molecule has 0 bridgehead atoms. The summed E-state index contributed by atoms with van der Waals surface area (Å²) in [6.45, 7) is 9.23. The third-order valence-corrected chi connectivity index (χ3v) is 5.00. The Labute approximate surface area is 158 Å². The molecule has 0 aliphatic heterocycles. The van der Waals surface area contributed by atoms with Gasteiger partial charge in [-0.15, -0.1) is 0 Å². The van der Waals surface area contributed by atoms with Gasteiger partial charge in [0, 0.05) is 5.56 Å². The Bertz CT molecular complexity index is 908. The Morgan fingerprint density at radius 1 is 1.15 bits per heavy atom. The number of nitrogens with one attached hydrogen (secondary N) is 1. The van der Waals surface area contributed by atoms with Crippen LogP contribution in [0.15, 0.2) is 42.5 Å². The predicted molar refractivity (Wildman–Crippen MR) is 109 cm³/mol. The Kier molecular flexibility index (Phi) is 5.28. The van der Waals surface area contributed by atoms with E-state index < -0.39 is 0 Å². The van der Waals surface area contributed by atoms with Gasteiger partial charge in [0.25, 0.3) is 5.91 Å². The number of aromatic nitrogens is 1. The summed E-state index contributed by atoms with van der Waals surface area (Å²) in [5, 5.41) is 3.49. The van der Waals surface area contributed by atoms with Crippen molar-refractivity contribution >= 4 is 32.6 Å². The number of ether oxygens (including phenoxy) is 1. The molecule has 1 N–H and O–H groups in total. The first kappa shape index (κ1) is 18.4. The second kappa shape index (κ2) is 7.46. The van der Waals surface area contributed by atoms with Gasteiger partial charge in [-0.3, -0.25) is 10.1 Å². The molecule has 5 heteroatoms. The van der Waals surface area contributed by atoms with Crippen molar-refractivity contribution in [3.63, 3.8) is 0 Å². The fourth-order valence-electron chi connectivity index (χ4n) is 2.56. The largest absolute Gasteiger partial charge is 0.494 e. The third-order valence-electron chi connectivity index (χ3n) is 4.07. The molecule has 0 aliphatic carbocycles. The maximum absolute atomic E-state index is 12.5. The summed E-state index contributed by atoms with van der Waals surface area (Å²) in [7, 11) is 0. The van der Waals surface area contributed by atoms with Gasteiger partial charge in [0.1, 0.15) is 5.75 Å². The first-order valence-corrected chi connectivity index (χ1v) is 9.64. The summed E-state index contributed by atoms with van der Waals surface area (Å²) in [6.07, 6.45) is 0.968. The average molecular weight is 369 g/mol. The van der Waals surface area contributed by atoms with Crippen LogP contribution >= 0.6 is 11.3 Å². The van der Waals surface area contributed by atoms with E-state index in [1.165, 1.54) is 16.9 Å². The number of hydrogen-bond acceptors (Lipinski definition) is 4. The Morgan fingerprint density at radius 2 is 1.88 bits per heavy atom. The predicted octanol–water partition coefficient (Wildman–Crippen LogP) is 5.63. The quantitative estimate of drug-likeness (QED) is 0.634. The van der Waals surface area contributed by atoms with E-state index in [1.807, 2.05) is 42.5 Å². The summed E-state index contributed by atoms with van der Waals surface area (Å²) in [6, 6.07) is 13.5. The molecule has 0 radical (unpaired) electrons. The van der Waals surface area contributed by atoms with Gasteiger partial charge in [0.05, 0.1) is 16.8 Å². The van der Waals surface area contributed by atoms with Gasteiger partial charge in [-0.2, -0.15) is 0 Å². The van der Waals surface area contributed by atoms with Crippen LogP contribution in [-0.2, 0) is 5.41 Å². The summed E-state index contributed by atoms with van der Waals surface area (Å²) >= 11 is 1.45. The van der Waals surface area contributed by atoms with Crippen LogP contribution in [0.5, 0.6) is 5.75 Å². The van der Waals surface area contributed by atoms with Crippen LogP contribution in [0.4, 0.5) is 5.13 Å². The van der Waals surface area contributed by atoms with Crippen LogP contribution in [0.2, 0.25) is 0 Å². The molecule has 1 heterocycles. The molecule has 0 atom stereocenters. The molecule has 0 saturated heterocycles. The third kappa shape index (κ3) is 4.22. The monoisotopic (exact) mass is 368 g/mol. The van der Waals surface area contributed by atoms with Gasteiger partial charge < -0.3 is 4.74 Å². The van der Waals surface area contributed by atoms with Crippen molar-refractivity contribution in [3.05, 3.63) is 53.6 Å². The lowest BCUT2D eigenvalue weighted by molar-refractivity contribution is 0.102. The minimum absolute atomic E-state index is 0.0690. The van der Waals surface area contributed by atoms with Crippen molar-refractivity contribution in [1.82, 2.24) is 4.98 Å². The molecule has 1 aromatic heterocycles. The molecule has 1 amide bonds. The van der Waals surface area contributed by atoms with E-state index >= 15 is 0 Å². The molecule has 0 saturated carbocycles. The fraction of sp³-hybridized carbons (Fsp3) is 0.333. The molecular weight excluding hydrogens is 344 g/mol. The number of anilines is 1. The lowest BCUT2D eigenvalue weighted by atomic mass is 9.87. The first-order chi connectivity index (χ1) is 12.4. The summed E-state index contributed by atoms with van der Waals surface area (Å²) in [5.74, 6) is 0.686.